The highest BCUT2D eigenvalue weighted by atomic mass is 15.0. The van der Waals surface area contributed by atoms with Crippen LogP contribution in [0.2, 0.25) is 0 Å². The zero-order valence-corrected chi connectivity index (χ0v) is 11.4. The van der Waals surface area contributed by atoms with Gasteiger partial charge >= 0.3 is 0 Å². The quantitative estimate of drug-likeness (QED) is 0.439. The highest BCUT2D eigenvalue weighted by Crippen LogP contribution is 2.32. The molecule has 0 amide bonds. The van der Waals surface area contributed by atoms with Crippen LogP contribution >= 0.6 is 0 Å². The summed E-state index contributed by atoms with van der Waals surface area (Å²) < 4.78 is 2.26. The molecule has 0 saturated heterocycles. The van der Waals surface area contributed by atoms with Gasteiger partial charge in [-0.1, -0.05) is 42.3 Å². The van der Waals surface area contributed by atoms with Gasteiger partial charge in [0.25, 0.3) is 0 Å². The van der Waals surface area contributed by atoms with Gasteiger partial charge < -0.3 is 4.57 Å². The first-order valence-electron chi connectivity index (χ1n) is 6.90. The van der Waals surface area contributed by atoms with E-state index in [0.29, 0.717) is 0 Å². The SMILES string of the molecule is [C]#Cc1ccc2c(c1)c1ccccc1n2-c1ccccc1. The van der Waals surface area contributed by atoms with E-state index in [9.17, 15) is 0 Å². The van der Waals surface area contributed by atoms with E-state index < -0.39 is 0 Å². The molecule has 0 aliphatic carbocycles. The van der Waals surface area contributed by atoms with Gasteiger partial charge in [-0.15, -0.1) is 0 Å². The minimum Gasteiger partial charge on any atom is -0.309 e. The number of aromatic nitrogens is 1. The molecule has 0 saturated carbocycles. The first-order valence-corrected chi connectivity index (χ1v) is 6.90. The monoisotopic (exact) mass is 266 g/mol. The molecule has 4 rings (SSSR count). The molecule has 3 aromatic carbocycles. The van der Waals surface area contributed by atoms with Crippen molar-refractivity contribution < 1.29 is 0 Å². The van der Waals surface area contributed by atoms with Crippen molar-refractivity contribution in [1.29, 1.82) is 0 Å². The molecule has 0 bridgehead atoms. The van der Waals surface area contributed by atoms with Crippen molar-refractivity contribution in [1.82, 2.24) is 4.57 Å². The van der Waals surface area contributed by atoms with Crippen LogP contribution in [0.1, 0.15) is 5.56 Å². The highest BCUT2D eigenvalue weighted by Gasteiger charge is 2.11. The fourth-order valence-electron chi connectivity index (χ4n) is 2.91. The van der Waals surface area contributed by atoms with E-state index in [4.69, 9.17) is 6.42 Å². The lowest BCUT2D eigenvalue weighted by molar-refractivity contribution is 1.18. The summed E-state index contributed by atoms with van der Waals surface area (Å²) in [5.74, 6) is 2.47. The molecule has 0 aliphatic rings. The Balaban J connectivity index is 2.21. The molecule has 0 fully saturated rings. The van der Waals surface area contributed by atoms with Crippen molar-refractivity contribution in [2.75, 3.05) is 0 Å². The minimum absolute atomic E-state index is 0.804. The molecule has 1 aromatic heterocycles. The molecule has 0 unspecified atom stereocenters. The maximum atomic E-state index is 7.34. The number of nitrogens with zero attached hydrogens (tertiary/aromatic N) is 1. The second-order valence-electron chi connectivity index (χ2n) is 5.05. The number of hydrogen-bond donors (Lipinski definition) is 0. The fourth-order valence-corrected chi connectivity index (χ4v) is 2.91. The van der Waals surface area contributed by atoms with Gasteiger partial charge in [-0.25, -0.2) is 0 Å². The van der Waals surface area contributed by atoms with Crippen LogP contribution in [0.5, 0.6) is 0 Å². The zero-order valence-electron chi connectivity index (χ0n) is 11.4. The first-order chi connectivity index (χ1) is 10.4. The Bertz CT molecular complexity index is 985. The van der Waals surface area contributed by atoms with Crippen molar-refractivity contribution in [3.63, 3.8) is 0 Å². The third-order valence-corrected chi connectivity index (χ3v) is 3.83. The van der Waals surface area contributed by atoms with E-state index in [0.717, 1.165) is 22.2 Å². The van der Waals surface area contributed by atoms with E-state index in [2.05, 4.69) is 65.1 Å². The summed E-state index contributed by atoms with van der Waals surface area (Å²) in [5, 5.41) is 2.36. The Labute approximate surface area is 123 Å². The van der Waals surface area contributed by atoms with Gasteiger partial charge in [0.05, 0.1) is 11.0 Å². The summed E-state index contributed by atoms with van der Waals surface area (Å²) in [5.41, 5.74) is 4.29. The van der Waals surface area contributed by atoms with Crippen LogP contribution in [-0.2, 0) is 0 Å². The number of fused-ring (bicyclic) bond motifs is 3. The molecule has 0 N–H and O–H groups in total. The van der Waals surface area contributed by atoms with Crippen molar-refractivity contribution in [3.8, 4) is 11.6 Å². The Hall–Kier alpha value is -2.98. The first kappa shape index (κ1) is 11.8. The maximum absolute atomic E-state index is 7.34. The number of hydrogen-bond acceptors (Lipinski definition) is 0. The Morgan fingerprint density at radius 1 is 0.714 bits per heavy atom. The van der Waals surface area contributed by atoms with Crippen LogP contribution in [0.15, 0.2) is 72.8 Å². The predicted octanol–water partition coefficient (Wildman–Crippen LogP) is 4.72. The lowest BCUT2D eigenvalue weighted by Crippen LogP contribution is -1.92. The summed E-state index contributed by atoms with van der Waals surface area (Å²) in [7, 11) is 0. The topological polar surface area (TPSA) is 4.93 Å². The van der Waals surface area contributed by atoms with Crippen LogP contribution in [0, 0.1) is 12.3 Å². The zero-order chi connectivity index (χ0) is 14.2. The van der Waals surface area contributed by atoms with Crippen LogP contribution in [-0.4, -0.2) is 4.57 Å². The molecule has 0 spiro atoms. The normalized spacial score (nSPS) is 10.8. The van der Waals surface area contributed by atoms with Gasteiger partial charge in [-0.2, -0.15) is 0 Å². The van der Waals surface area contributed by atoms with Crippen molar-refractivity contribution in [2.45, 2.75) is 0 Å². The highest BCUT2D eigenvalue weighted by molar-refractivity contribution is 6.09. The van der Waals surface area contributed by atoms with Gasteiger partial charge in [0.2, 0.25) is 0 Å². The third kappa shape index (κ3) is 1.74. The summed E-state index contributed by atoms with van der Waals surface area (Å²) >= 11 is 0. The molecule has 1 heterocycles. The number of rotatable bonds is 1. The van der Waals surface area contributed by atoms with E-state index in [1.54, 1.807) is 0 Å². The minimum atomic E-state index is 0.804. The molecule has 1 radical (unpaired) electrons. The Morgan fingerprint density at radius 3 is 2.24 bits per heavy atom. The molecule has 0 aliphatic heterocycles. The number of para-hydroxylation sites is 2. The molecule has 1 heteroatoms. The maximum Gasteiger partial charge on any atom is 0.0541 e. The molecular weight excluding hydrogens is 254 g/mol. The standard InChI is InChI=1S/C20H12N/c1-2-15-12-13-20-18(14-15)17-10-6-7-11-19(17)21(20)16-8-4-3-5-9-16/h3-14H. The Morgan fingerprint density at radius 2 is 1.43 bits per heavy atom. The molecule has 4 aromatic rings. The van der Waals surface area contributed by atoms with Crippen LogP contribution in [0.25, 0.3) is 27.5 Å². The van der Waals surface area contributed by atoms with E-state index in [1.807, 2.05) is 18.2 Å². The summed E-state index contributed by atoms with van der Waals surface area (Å²) in [6.45, 7) is 0. The van der Waals surface area contributed by atoms with Gasteiger partial charge in [-0.05, 0) is 42.8 Å². The average Bonchev–Trinajstić information content (AvgIpc) is 2.89. The van der Waals surface area contributed by atoms with Crippen LogP contribution in [0.3, 0.4) is 0 Å². The largest absolute Gasteiger partial charge is 0.309 e. The Kier molecular flexibility index (Phi) is 2.55. The lowest BCUT2D eigenvalue weighted by atomic mass is 10.1. The molecule has 97 valence electrons. The lowest BCUT2D eigenvalue weighted by Gasteiger charge is -2.07. The summed E-state index contributed by atoms with van der Waals surface area (Å²) in [6.07, 6.45) is 7.34. The third-order valence-electron chi connectivity index (χ3n) is 3.83. The van der Waals surface area contributed by atoms with Gasteiger partial charge in [0, 0.05) is 22.0 Å². The van der Waals surface area contributed by atoms with Gasteiger partial charge in [0.1, 0.15) is 0 Å². The van der Waals surface area contributed by atoms with Crippen molar-refractivity contribution in [2.24, 2.45) is 0 Å². The number of benzene rings is 3. The molecule has 21 heavy (non-hydrogen) atoms. The van der Waals surface area contributed by atoms with Crippen LogP contribution in [0.4, 0.5) is 0 Å². The predicted molar refractivity (Wildman–Crippen MR) is 87.0 cm³/mol. The molecule has 0 atom stereocenters. The summed E-state index contributed by atoms with van der Waals surface area (Å²) in [4.78, 5) is 0. The van der Waals surface area contributed by atoms with E-state index >= 15 is 0 Å². The van der Waals surface area contributed by atoms with Gasteiger partial charge in [0.15, 0.2) is 0 Å². The molecule has 1 nitrogen and oxygen atoms in total. The second kappa shape index (κ2) is 4.54. The van der Waals surface area contributed by atoms with Gasteiger partial charge in [-0.3, -0.25) is 0 Å². The van der Waals surface area contributed by atoms with E-state index in [1.165, 1.54) is 10.9 Å². The van der Waals surface area contributed by atoms with Crippen molar-refractivity contribution in [3.05, 3.63) is 84.8 Å². The van der Waals surface area contributed by atoms with Crippen LogP contribution < -0.4 is 0 Å². The average molecular weight is 266 g/mol. The smallest absolute Gasteiger partial charge is 0.0541 e. The van der Waals surface area contributed by atoms with E-state index in [-0.39, 0.29) is 0 Å². The summed E-state index contributed by atoms with van der Waals surface area (Å²) in [6, 6.07) is 24.8. The fraction of sp³-hybridized carbons (Fsp3) is 0. The van der Waals surface area contributed by atoms with Crippen molar-refractivity contribution >= 4 is 21.8 Å². The molecular formula is C20H12N. The second-order valence-corrected chi connectivity index (χ2v) is 5.05.